The molecule has 0 saturated heterocycles. The van der Waals surface area contributed by atoms with Gasteiger partial charge in [-0.05, 0) is 24.0 Å². The van der Waals surface area contributed by atoms with Crippen LogP contribution in [0.5, 0.6) is 0 Å². The van der Waals surface area contributed by atoms with E-state index in [1.165, 1.54) is 24.0 Å². The molecule has 1 aliphatic carbocycles. The minimum atomic E-state index is -0.525. The molecule has 1 saturated carbocycles. The van der Waals surface area contributed by atoms with Gasteiger partial charge in [-0.25, -0.2) is 0 Å². The van der Waals surface area contributed by atoms with Crippen molar-refractivity contribution in [3.63, 3.8) is 0 Å². The van der Waals surface area contributed by atoms with Crippen LogP contribution in [0.15, 0.2) is 24.3 Å². The molecular weight excluding hydrogens is 250 g/mol. The SMILES string of the molecule is OC1(CNC2COCc3ccccc32)CCCCCC1. The summed E-state index contributed by atoms with van der Waals surface area (Å²) < 4.78 is 5.66. The maximum Gasteiger partial charge on any atom is 0.0771 e. The number of benzene rings is 1. The Kier molecular flexibility index (Phi) is 4.39. The first-order chi connectivity index (χ1) is 9.77. The van der Waals surface area contributed by atoms with Crippen LogP contribution in [0.3, 0.4) is 0 Å². The molecule has 1 aromatic rings. The minimum Gasteiger partial charge on any atom is -0.389 e. The number of nitrogens with one attached hydrogen (secondary N) is 1. The predicted octanol–water partition coefficient (Wildman–Crippen LogP) is 2.93. The Hall–Kier alpha value is -0.900. The van der Waals surface area contributed by atoms with Crippen LogP contribution in [-0.2, 0) is 11.3 Å². The van der Waals surface area contributed by atoms with E-state index in [1.807, 2.05) is 0 Å². The summed E-state index contributed by atoms with van der Waals surface area (Å²) in [5, 5.41) is 14.3. The van der Waals surface area contributed by atoms with E-state index in [9.17, 15) is 5.11 Å². The molecule has 0 spiro atoms. The second-order valence-electron chi connectivity index (χ2n) is 6.29. The zero-order valence-corrected chi connectivity index (χ0v) is 12.1. The van der Waals surface area contributed by atoms with Gasteiger partial charge in [0.05, 0.1) is 24.9 Å². The fraction of sp³-hybridized carbons (Fsp3) is 0.647. The van der Waals surface area contributed by atoms with Crippen LogP contribution in [0.1, 0.15) is 55.7 Å². The first-order valence-corrected chi connectivity index (χ1v) is 7.88. The van der Waals surface area contributed by atoms with E-state index in [0.29, 0.717) is 19.8 Å². The number of aliphatic hydroxyl groups is 1. The summed E-state index contributed by atoms with van der Waals surface area (Å²) in [5.74, 6) is 0. The van der Waals surface area contributed by atoms with Crippen LogP contribution in [0.25, 0.3) is 0 Å². The van der Waals surface area contributed by atoms with Gasteiger partial charge in [-0.15, -0.1) is 0 Å². The van der Waals surface area contributed by atoms with E-state index < -0.39 is 5.60 Å². The lowest BCUT2D eigenvalue weighted by Gasteiger charge is -2.32. The Morgan fingerprint density at radius 1 is 1.15 bits per heavy atom. The number of ether oxygens (including phenoxy) is 1. The Morgan fingerprint density at radius 3 is 2.70 bits per heavy atom. The summed E-state index contributed by atoms with van der Waals surface area (Å²) >= 11 is 0. The summed E-state index contributed by atoms with van der Waals surface area (Å²) in [4.78, 5) is 0. The number of hydrogen-bond donors (Lipinski definition) is 2. The van der Waals surface area contributed by atoms with Crippen LogP contribution < -0.4 is 5.32 Å². The first kappa shape index (κ1) is 14.1. The van der Waals surface area contributed by atoms with Crippen molar-refractivity contribution in [3.05, 3.63) is 35.4 Å². The summed E-state index contributed by atoms with van der Waals surface area (Å²) in [5.41, 5.74) is 2.07. The Balaban J connectivity index is 1.64. The second kappa shape index (κ2) is 6.25. The highest BCUT2D eigenvalue weighted by Gasteiger charge is 2.29. The van der Waals surface area contributed by atoms with Crippen LogP contribution in [0, 0.1) is 0 Å². The molecule has 1 fully saturated rings. The minimum absolute atomic E-state index is 0.215. The maximum atomic E-state index is 10.7. The molecule has 2 aliphatic rings. The fourth-order valence-corrected chi connectivity index (χ4v) is 3.43. The first-order valence-electron chi connectivity index (χ1n) is 7.88. The van der Waals surface area contributed by atoms with Gasteiger partial charge in [0.2, 0.25) is 0 Å². The highest BCUT2D eigenvalue weighted by molar-refractivity contribution is 5.31. The van der Waals surface area contributed by atoms with E-state index in [0.717, 1.165) is 25.7 Å². The number of rotatable bonds is 3. The third-order valence-corrected chi connectivity index (χ3v) is 4.68. The molecule has 2 N–H and O–H groups in total. The lowest BCUT2D eigenvalue weighted by molar-refractivity contribution is 0.0141. The van der Waals surface area contributed by atoms with Crippen molar-refractivity contribution in [3.8, 4) is 0 Å². The van der Waals surface area contributed by atoms with Crippen molar-refractivity contribution < 1.29 is 9.84 Å². The molecule has 1 atom stereocenters. The molecule has 0 bridgehead atoms. The molecule has 3 heteroatoms. The largest absolute Gasteiger partial charge is 0.389 e. The summed E-state index contributed by atoms with van der Waals surface area (Å²) in [6, 6.07) is 8.66. The molecule has 1 aromatic carbocycles. The lowest BCUT2D eigenvalue weighted by Crippen LogP contribution is -2.43. The molecule has 1 heterocycles. The number of fused-ring (bicyclic) bond motifs is 1. The molecule has 1 unspecified atom stereocenters. The van der Waals surface area contributed by atoms with Gasteiger partial charge in [0.25, 0.3) is 0 Å². The molecule has 3 nitrogen and oxygen atoms in total. The van der Waals surface area contributed by atoms with Crippen molar-refractivity contribution in [1.29, 1.82) is 0 Å². The van der Waals surface area contributed by atoms with Gasteiger partial charge in [0.15, 0.2) is 0 Å². The van der Waals surface area contributed by atoms with Gasteiger partial charge in [0, 0.05) is 6.54 Å². The van der Waals surface area contributed by atoms with Crippen LogP contribution >= 0.6 is 0 Å². The lowest BCUT2D eigenvalue weighted by atomic mass is 9.93. The molecule has 1 aliphatic heterocycles. The molecule has 110 valence electrons. The Bertz CT molecular complexity index is 438. The zero-order chi connectivity index (χ0) is 13.8. The van der Waals surface area contributed by atoms with Gasteiger partial charge in [-0.3, -0.25) is 0 Å². The fourth-order valence-electron chi connectivity index (χ4n) is 3.43. The zero-order valence-electron chi connectivity index (χ0n) is 12.1. The average Bonchev–Trinajstić information content (AvgIpc) is 2.70. The monoisotopic (exact) mass is 275 g/mol. The van der Waals surface area contributed by atoms with Crippen molar-refractivity contribution in [2.24, 2.45) is 0 Å². The quantitative estimate of drug-likeness (QED) is 0.833. The van der Waals surface area contributed by atoms with E-state index in [-0.39, 0.29) is 6.04 Å². The van der Waals surface area contributed by atoms with E-state index in [1.54, 1.807) is 0 Å². The average molecular weight is 275 g/mol. The predicted molar refractivity (Wildman–Crippen MR) is 79.5 cm³/mol. The van der Waals surface area contributed by atoms with Crippen molar-refractivity contribution in [2.45, 2.75) is 56.8 Å². The molecule has 0 aromatic heterocycles. The van der Waals surface area contributed by atoms with Gasteiger partial charge >= 0.3 is 0 Å². The molecule has 0 radical (unpaired) electrons. The normalized spacial score (nSPS) is 25.8. The van der Waals surface area contributed by atoms with Crippen molar-refractivity contribution in [1.82, 2.24) is 5.32 Å². The molecular formula is C17H25NO2. The molecule has 3 rings (SSSR count). The Morgan fingerprint density at radius 2 is 1.90 bits per heavy atom. The third kappa shape index (κ3) is 3.22. The number of hydrogen-bond acceptors (Lipinski definition) is 3. The summed E-state index contributed by atoms with van der Waals surface area (Å²) in [6.45, 7) is 2.08. The second-order valence-corrected chi connectivity index (χ2v) is 6.29. The highest BCUT2D eigenvalue weighted by Crippen LogP contribution is 2.29. The highest BCUT2D eigenvalue weighted by atomic mass is 16.5. The van der Waals surface area contributed by atoms with Crippen LogP contribution in [-0.4, -0.2) is 23.9 Å². The van der Waals surface area contributed by atoms with E-state index in [4.69, 9.17) is 4.74 Å². The third-order valence-electron chi connectivity index (χ3n) is 4.68. The summed E-state index contributed by atoms with van der Waals surface area (Å²) in [7, 11) is 0. The van der Waals surface area contributed by atoms with Crippen LogP contribution in [0.4, 0.5) is 0 Å². The molecule has 0 amide bonds. The van der Waals surface area contributed by atoms with E-state index in [2.05, 4.69) is 29.6 Å². The van der Waals surface area contributed by atoms with Crippen molar-refractivity contribution in [2.75, 3.05) is 13.2 Å². The molecule has 20 heavy (non-hydrogen) atoms. The van der Waals surface area contributed by atoms with Crippen LogP contribution in [0.2, 0.25) is 0 Å². The van der Waals surface area contributed by atoms with E-state index >= 15 is 0 Å². The Labute approximate surface area is 121 Å². The topological polar surface area (TPSA) is 41.5 Å². The maximum absolute atomic E-state index is 10.7. The van der Waals surface area contributed by atoms with Gasteiger partial charge in [-0.2, -0.15) is 0 Å². The smallest absolute Gasteiger partial charge is 0.0771 e. The van der Waals surface area contributed by atoms with Gasteiger partial charge in [0.1, 0.15) is 0 Å². The van der Waals surface area contributed by atoms with Crippen molar-refractivity contribution >= 4 is 0 Å². The summed E-state index contributed by atoms with van der Waals surface area (Å²) in [6.07, 6.45) is 6.67. The van der Waals surface area contributed by atoms with Gasteiger partial charge in [-0.1, -0.05) is 49.9 Å². The standard InChI is InChI=1S/C17H25NO2/c19-17(9-5-1-2-6-10-17)13-18-16-12-20-11-14-7-3-4-8-15(14)16/h3-4,7-8,16,18-19H,1-2,5-6,9-13H2. The van der Waals surface area contributed by atoms with Gasteiger partial charge < -0.3 is 15.2 Å².